The Morgan fingerprint density at radius 1 is 1.67 bits per heavy atom. The molecule has 0 aromatic rings. The minimum Gasteiger partial charge on any atom is -0.355 e. The van der Waals surface area contributed by atoms with Crippen LogP contribution in [0.5, 0.6) is 0 Å². The van der Waals surface area contributed by atoms with Crippen LogP contribution in [0.25, 0.3) is 0 Å². The fraction of sp³-hybridized carbons (Fsp3) is 0.909. The first-order chi connectivity index (χ1) is 7.13. The number of nitrogens with one attached hydrogen (secondary N) is 2. The number of amides is 1. The quantitative estimate of drug-likeness (QED) is 0.694. The minimum atomic E-state index is 0.186. The summed E-state index contributed by atoms with van der Waals surface area (Å²) in [5.74, 6) is 0.816. The molecule has 2 unspecified atom stereocenters. The maximum atomic E-state index is 11.2. The van der Waals surface area contributed by atoms with Gasteiger partial charge in [-0.3, -0.25) is 9.69 Å². The molecule has 4 nitrogen and oxygen atoms in total. The second-order valence-electron chi connectivity index (χ2n) is 4.56. The largest absolute Gasteiger partial charge is 0.355 e. The summed E-state index contributed by atoms with van der Waals surface area (Å²) in [6.07, 6.45) is 0.636. The molecule has 1 aliphatic heterocycles. The lowest BCUT2D eigenvalue weighted by molar-refractivity contribution is -0.120. The van der Waals surface area contributed by atoms with Gasteiger partial charge in [-0.25, -0.2) is 0 Å². The fourth-order valence-corrected chi connectivity index (χ4v) is 2.03. The van der Waals surface area contributed by atoms with E-state index in [1.807, 2.05) is 7.05 Å². The number of nitrogens with zero attached hydrogens (tertiary/aromatic N) is 1. The van der Waals surface area contributed by atoms with Crippen LogP contribution in [0.3, 0.4) is 0 Å². The van der Waals surface area contributed by atoms with Crippen molar-refractivity contribution in [1.82, 2.24) is 15.5 Å². The van der Waals surface area contributed by atoms with Gasteiger partial charge in [-0.2, -0.15) is 0 Å². The van der Waals surface area contributed by atoms with Crippen LogP contribution in [-0.4, -0.2) is 50.1 Å². The van der Waals surface area contributed by atoms with Crippen LogP contribution >= 0.6 is 0 Å². The first-order valence-corrected chi connectivity index (χ1v) is 5.78. The standard InChI is InChI=1S/C11H23N3O/c1-9(6-12-3)8-14-5-4-11(15)13-7-10(14)2/h9-10,12H,4-8H2,1-3H3,(H,13,15). The van der Waals surface area contributed by atoms with E-state index in [-0.39, 0.29) is 5.91 Å². The van der Waals surface area contributed by atoms with Crippen LogP contribution in [0.4, 0.5) is 0 Å². The summed E-state index contributed by atoms with van der Waals surface area (Å²) >= 11 is 0. The molecule has 1 saturated heterocycles. The molecular formula is C11H23N3O. The van der Waals surface area contributed by atoms with Crippen molar-refractivity contribution in [2.45, 2.75) is 26.3 Å². The van der Waals surface area contributed by atoms with Crippen LogP contribution in [0.1, 0.15) is 20.3 Å². The Labute approximate surface area is 92.4 Å². The molecule has 2 atom stereocenters. The first kappa shape index (κ1) is 12.5. The average molecular weight is 213 g/mol. The molecule has 15 heavy (non-hydrogen) atoms. The van der Waals surface area contributed by atoms with Gasteiger partial charge >= 0.3 is 0 Å². The van der Waals surface area contributed by atoms with Gasteiger partial charge in [-0.05, 0) is 26.4 Å². The van der Waals surface area contributed by atoms with Gasteiger partial charge in [0.1, 0.15) is 0 Å². The highest BCUT2D eigenvalue weighted by Gasteiger charge is 2.21. The van der Waals surface area contributed by atoms with E-state index in [1.54, 1.807) is 0 Å². The number of hydrogen-bond donors (Lipinski definition) is 2. The van der Waals surface area contributed by atoms with Crippen LogP contribution < -0.4 is 10.6 Å². The topological polar surface area (TPSA) is 44.4 Å². The van der Waals surface area contributed by atoms with E-state index >= 15 is 0 Å². The molecule has 0 radical (unpaired) electrons. The molecule has 0 spiro atoms. The van der Waals surface area contributed by atoms with Gasteiger partial charge in [-0.1, -0.05) is 6.92 Å². The Kier molecular flexibility index (Phi) is 5.05. The van der Waals surface area contributed by atoms with E-state index in [9.17, 15) is 4.79 Å². The van der Waals surface area contributed by atoms with E-state index in [0.717, 1.165) is 26.2 Å². The summed E-state index contributed by atoms with van der Waals surface area (Å²) in [4.78, 5) is 13.6. The SMILES string of the molecule is CNCC(C)CN1CCC(=O)NCC1C. The minimum absolute atomic E-state index is 0.186. The zero-order valence-electron chi connectivity index (χ0n) is 10.0. The molecule has 0 bridgehead atoms. The molecule has 1 amide bonds. The summed E-state index contributed by atoms with van der Waals surface area (Å²) in [6, 6.07) is 0.454. The van der Waals surface area contributed by atoms with Crippen LogP contribution in [0.15, 0.2) is 0 Å². The molecular weight excluding hydrogens is 190 g/mol. The van der Waals surface area contributed by atoms with E-state index < -0.39 is 0 Å². The molecule has 0 aromatic carbocycles. The van der Waals surface area contributed by atoms with Crippen molar-refractivity contribution in [1.29, 1.82) is 0 Å². The molecule has 2 N–H and O–H groups in total. The Bertz CT molecular complexity index is 208. The molecule has 1 heterocycles. The van der Waals surface area contributed by atoms with Crippen molar-refractivity contribution < 1.29 is 4.79 Å². The molecule has 88 valence electrons. The van der Waals surface area contributed by atoms with Crippen LogP contribution in [0, 0.1) is 5.92 Å². The van der Waals surface area contributed by atoms with E-state index in [0.29, 0.717) is 18.4 Å². The van der Waals surface area contributed by atoms with Gasteiger partial charge in [0.2, 0.25) is 5.91 Å². The van der Waals surface area contributed by atoms with Gasteiger partial charge in [0.15, 0.2) is 0 Å². The van der Waals surface area contributed by atoms with Gasteiger partial charge in [0.05, 0.1) is 0 Å². The van der Waals surface area contributed by atoms with Crippen molar-refractivity contribution in [2.75, 3.05) is 33.2 Å². The third-order valence-electron chi connectivity index (χ3n) is 2.94. The smallest absolute Gasteiger partial charge is 0.221 e. The van der Waals surface area contributed by atoms with E-state index in [2.05, 4.69) is 29.4 Å². The van der Waals surface area contributed by atoms with Crippen molar-refractivity contribution in [3.63, 3.8) is 0 Å². The maximum absolute atomic E-state index is 11.2. The summed E-state index contributed by atoms with van der Waals surface area (Å²) in [5.41, 5.74) is 0. The van der Waals surface area contributed by atoms with Crippen molar-refractivity contribution in [2.24, 2.45) is 5.92 Å². The number of rotatable bonds is 4. The Morgan fingerprint density at radius 3 is 3.07 bits per heavy atom. The lowest BCUT2D eigenvalue weighted by Crippen LogP contribution is -2.41. The predicted molar refractivity (Wildman–Crippen MR) is 61.8 cm³/mol. The summed E-state index contributed by atoms with van der Waals surface area (Å²) in [6.45, 7) is 8.19. The normalized spacial score (nSPS) is 25.8. The molecule has 0 saturated carbocycles. The molecule has 0 aromatic heterocycles. The third-order valence-corrected chi connectivity index (χ3v) is 2.94. The van der Waals surface area contributed by atoms with Crippen molar-refractivity contribution in [3.05, 3.63) is 0 Å². The monoisotopic (exact) mass is 213 g/mol. The summed E-state index contributed by atoms with van der Waals surface area (Å²) < 4.78 is 0. The Balaban J connectivity index is 2.41. The van der Waals surface area contributed by atoms with Crippen molar-refractivity contribution >= 4 is 5.91 Å². The van der Waals surface area contributed by atoms with Crippen LogP contribution in [0.2, 0.25) is 0 Å². The van der Waals surface area contributed by atoms with Gasteiger partial charge in [0, 0.05) is 32.1 Å². The van der Waals surface area contributed by atoms with Crippen molar-refractivity contribution in [3.8, 4) is 0 Å². The van der Waals surface area contributed by atoms with Gasteiger partial charge in [0.25, 0.3) is 0 Å². The predicted octanol–water partition coefficient (Wildman–Crippen LogP) is 0.0523. The zero-order chi connectivity index (χ0) is 11.3. The average Bonchev–Trinajstić information content (AvgIpc) is 2.33. The highest BCUT2D eigenvalue weighted by molar-refractivity contribution is 5.76. The highest BCUT2D eigenvalue weighted by atomic mass is 16.1. The molecule has 1 aliphatic rings. The highest BCUT2D eigenvalue weighted by Crippen LogP contribution is 2.07. The lowest BCUT2D eigenvalue weighted by atomic mass is 10.1. The van der Waals surface area contributed by atoms with Gasteiger partial charge < -0.3 is 10.6 Å². The molecule has 1 rings (SSSR count). The number of carbonyl (C=O) groups excluding carboxylic acids is 1. The summed E-state index contributed by atoms with van der Waals surface area (Å²) in [5, 5.41) is 6.12. The van der Waals surface area contributed by atoms with Crippen LogP contribution in [-0.2, 0) is 4.79 Å². The Hall–Kier alpha value is -0.610. The van der Waals surface area contributed by atoms with Gasteiger partial charge in [-0.15, -0.1) is 0 Å². The van der Waals surface area contributed by atoms with E-state index in [1.165, 1.54) is 0 Å². The lowest BCUT2D eigenvalue weighted by Gasteiger charge is -2.28. The maximum Gasteiger partial charge on any atom is 0.221 e. The zero-order valence-corrected chi connectivity index (χ0v) is 10.0. The second-order valence-corrected chi connectivity index (χ2v) is 4.56. The van der Waals surface area contributed by atoms with E-state index in [4.69, 9.17) is 0 Å². The first-order valence-electron chi connectivity index (χ1n) is 5.78. The second kappa shape index (κ2) is 6.08. The third kappa shape index (κ3) is 4.18. The number of hydrogen-bond acceptors (Lipinski definition) is 3. The Morgan fingerprint density at radius 2 is 2.40 bits per heavy atom. The molecule has 0 aliphatic carbocycles. The fourth-order valence-electron chi connectivity index (χ4n) is 2.03. The number of carbonyl (C=O) groups is 1. The molecule has 4 heteroatoms. The molecule has 1 fully saturated rings. The summed E-state index contributed by atoms with van der Waals surface area (Å²) in [7, 11) is 1.98.